The van der Waals surface area contributed by atoms with Crippen LogP contribution in [0.4, 0.5) is 11.4 Å². The van der Waals surface area contributed by atoms with Crippen LogP contribution in [0.3, 0.4) is 0 Å². The summed E-state index contributed by atoms with van der Waals surface area (Å²) in [6.45, 7) is 3.36. The minimum absolute atomic E-state index is 0.0644. The molecule has 0 saturated heterocycles. The van der Waals surface area contributed by atoms with Crippen molar-refractivity contribution in [3.05, 3.63) is 82.7 Å². The van der Waals surface area contributed by atoms with Gasteiger partial charge in [-0.15, -0.1) is 10.2 Å². The van der Waals surface area contributed by atoms with Crippen molar-refractivity contribution < 1.29 is 14.0 Å². The number of benzene rings is 2. The third kappa shape index (κ3) is 3.63. The highest BCUT2D eigenvalue weighted by atomic mass is 16.4. The van der Waals surface area contributed by atoms with Crippen LogP contribution in [0.15, 0.2) is 64.2 Å². The smallest absolute Gasteiger partial charge is 0.243 e. The molecule has 2 heterocycles. The Bertz CT molecular complexity index is 1210. The third-order valence-electron chi connectivity index (χ3n) is 5.64. The van der Waals surface area contributed by atoms with E-state index in [1.54, 1.807) is 24.3 Å². The van der Waals surface area contributed by atoms with Gasteiger partial charge >= 0.3 is 0 Å². The van der Waals surface area contributed by atoms with E-state index in [4.69, 9.17) is 4.42 Å². The van der Waals surface area contributed by atoms with Crippen LogP contribution in [0.5, 0.6) is 0 Å². The summed E-state index contributed by atoms with van der Waals surface area (Å²) in [7, 11) is 0. The highest BCUT2D eigenvalue weighted by Gasteiger charge is 2.34. The highest BCUT2D eigenvalue weighted by molar-refractivity contribution is 6.10. The molecular weight excluding hydrogens is 392 g/mol. The van der Waals surface area contributed by atoms with Gasteiger partial charge in [-0.25, -0.2) is 0 Å². The molecule has 1 saturated carbocycles. The van der Waals surface area contributed by atoms with E-state index >= 15 is 0 Å². The number of Topliss-reactive ketones (excluding diaryl/α,β-unsaturated/α-hetero) is 1. The lowest BCUT2D eigenvalue weighted by atomic mass is 10.0. The van der Waals surface area contributed by atoms with Gasteiger partial charge in [0.15, 0.2) is 11.6 Å². The number of ketones is 2. The van der Waals surface area contributed by atoms with Crippen LogP contribution in [-0.2, 0) is 4.79 Å². The summed E-state index contributed by atoms with van der Waals surface area (Å²) in [4.78, 5) is 25.4. The lowest BCUT2D eigenvalue weighted by Crippen LogP contribution is -2.19. The minimum Gasteiger partial charge on any atom is -0.422 e. The largest absolute Gasteiger partial charge is 0.422 e. The molecule has 5 rings (SSSR count). The first-order valence-electron chi connectivity index (χ1n) is 10.3. The number of allylic oxidation sites excluding steroid dienone is 1. The van der Waals surface area contributed by atoms with Gasteiger partial charge in [-0.05, 0) is 44.9 Å². The fourth-order valence-electron chi connectivity index (χ4n) is 3.90. The zero-order valence-corrected chi connectivity index (χ0v) is 17.3. The van der Waals surface area contributed by atoms with Crippen LogP contribution in [-0.4, -0.2) is 21.8 Å². The molecule has 0 spiro atoms. The van der Waals surface area contributed by atoms with Crippen molar-refractivity contribution in [1.82, 2.24) is 10.2 Å². The molecule has 156 valence electrons. The van der Waals surface area contributed by atoms with Gasteiger partial charge in [0.05, 0.1) is 11.4 Å². The molecule has 0 amide bonds. The maximum atomic E-state index is 12.9. The average Bonchev–Trinajstić information content (AvgIpc) is 3.53. The zero-order valence-electron chi connectivity index (χ0n) is 17.3. The standard InChI is InChI=1S/C24H22N4O3/c1-13-20(14(2)29)21(24-28-27-23(31-24)16-8-9-16)26-18-11-10-17(12-19(18)25-13)22(30)15-6-4-3-5-7-15/h3-7,10-12,16,21,25-26H,8-9H2,1-2H3. The molecular formula is C24H22N4O3. The zero-order chi connectivity index (χ0) is 21.5. The second-order valence-electron chi connectivity index (χ2n) is 8.01. The molecule has 7 nitrogen and oxygen atoms in total. The topological polar surface area (TPSA) is 97.1 Å². The summed E-state index contributed by atoms with van der Waals surface area (Å²) < 4.78 is 5.91. The second-order valence-corrected chi connectivity index (χ2v) is 8.01. The first-order chi connectivity index (χ1) is 15.0. The molecule has 31 heavy (non-hydrogen) atoms. The Hall–Kier alpha value is -3.74. The van der Waals surface area contributed by atoms with E-state index in [9.17, 15) is 9.59 Å². The van der Waals surface area contributed by atoms with Gasteiger partial charge in [0, 0.05) is 28.3 Å². The van der Waals surface area contributed by atoms with Crippen LogP contribution < -0.4 is 10.6 Å². The molecule has 2 aliphatic rings. The molecule has 1 aromatic heterocycles. The summed E-state index contributed by atoms with van der Waals surface area (Å²) in [5.41, 5.74) is 3.84. The van der Waals surface area contributed by atoms with E-state index in [1.165, 1.54) is 6.92 Å². The molecule has 2 aromatic carbocycles. The summed E-state index contributed by atoms with van der Waals surface area (Å²) >= 11 is 0. The predicted molar refractivity (Wildman–Crippen MR) is 116 cm³/mol. The number of carbonyl (C=O) groups excluding carboxylic acids is 2. The summed E-state index contributed by atoms with van der Waals surface area (Å²) in [5.74, 6) is 1.16. The van der Waals surface area contributed by atoms with Crippen molar-refractivity contribution >= 4 is 22.9 Å². The van der Waals surface area contributed by atoms with Gasteiger partial charge in [0.1, 0.15) is 6.04 Å². The van der Waals surface area contributed by atoms with Crippen molar-refractivity contribution in [2.75, 3.05) is 10.6 Å². The second kappa shape index (κ2) is 7.50. The Morgan fingerprint density at radius 1 is 0.968 bits per heavy atom. The van der Waals surface area contributed by atoms with Crippen LogP contribution in [0.2, 0.25) is 0 Å². The fraction of sp³-hybridized carbons (Fsp3) is 0.250. The van der Waals surface area contributed by atoms with Crippen molar-refractivity contribution in [3.8, 4) is 0 Å². The molecule has 1 fully saturated rings. The average molecular weight is 414 g/mol. The molecule has 1 aliphatic carbocycles. The van der Waals surface area contributed by atoms with Crippen molar-refractivity contribution in [3.63, 3.8) is 0 Å². The highest BCUT2D eigenvalue weighted by Crippen LogP contribution is 2.41. The maximum absolute atomic E-state index is 12.9. The van der Waals surface area contributed by atoms with Crippen LogP contribution in [0.1, 0.15) is 66.4 Å². The van der Waals surface area contributed by atoms with Gasteiger partial charge in [0.2, 0.25) is 11.8 Å². The SMILES string of the molecule is CC(=O)C1=C(C)Nc2cc(C(=O)c3ccccc3)ccc2NC1c1nnc(C2CC2)o1. The molecule has 1 unspecified atom stereocenters. The fourth-order valence-corrected chi connectivity index (χ4v) is 3.90. The number of rotatable bonds is 5. The Balaban J connectivity index is 1.53. The number of nitrogens with zero attached hydrogens (tertiary/aromatic N) is 2. The number of nitrogens with one attached hydrogen (secondary N) is 2. The van der Waals surface area contributed by atoms with Crippen molar-refractivity contribution in [2.24, 2.45) is 0 Å². The Labute approximate surface area is 179 Å². The normalized spacial score (nSPS) is 17.9. The van der Waals surface area contributed by atoms with Crippen LogP contribution >= 0.6 is 0 Å². The molecule has 1 atom stereocenters. The lowest BCUT2D eigenvalue weighted by Gasteiger charge is -2.17. The maximum Gasteiger partial charge on any atom is 0.243 e. The summed E-state index contributed by atoms with van der Waals surface area (Å²) in [5, 5.41) is 15.1. The molecule has 0 bridgehead atoms. The predicted octanol–water partition coefficient (Wildman–Crippen LogP) is 4.62. The quantitative estimate of drug-likeness (QED) is 0.588. The van der Waals surface area contributed by atoms with Crippen molar-refractivity contribution in [2.45, 2.75) is 38.6 Å². The number of anilines is 2. The van der Waals surface area contributed by atoms with Gasteiger partial charge < -0.3 is 15.1 Å². The summed E-state index contributed by atoms with van der Waals surface area (Å²) in [6, 6.07) is 14.0. The number of carbonyl (C=O) groups is 2. The van der Waals surface area contributed by atoms with Crippen LogP contribution in [0, 0.1) is 0 Å². The molecule has 1 aliphatic heterocycles. The first kappa shape index (κ1) is 19.2. The lowest BCUT2D eigenvalue weighted by molar-refractivity contribution is -0.113. The summed E-state index contributed by atoms with van der Waals surface area (Å²) in [6.07, 6.45) is 2.10. The first-order valence-corrected chi connectivity index (χ1v) is 10.3. The number of aromatic nitrogens is 2. The number of fused-ring (bicyclic) bond motifs is 1. The molecule has 2 N–H and O–H groups in total. The number of hydrogen-bond donors (Lipinski definition) is 2. The van der Waals surface area contributed by atoms with E-state index in [-0.39, 0.29) is 11.6 Å². The van der Waals surface area contributed by atoms with Gasteiger partial charge in [-0.2, -0.15) is 0 Å². The molecule has 0 radical (unpaired) electrons. The van der Waals surface area contributed by atoms with Crippen LogP contribution in [0.25, 0.3) is 0 Å². The van der Waals surface area contributed by atoms with Crippen molar-refractivity contribution in [1.29, 1.82) is 0 Å². The Morgan fingerprint density at radius 3 is 2.42 bits per heavy atom. The van der Waals surface area contributed by atoms with E-state index in [1.807, 2.05) is 31.2 Å². The third-order valence-corrected chi connectivity index (χ3v) is 5.64. The van der Waals surface area contributed by atoms with E-state index in [2.05, 4.69) is 20.8 Å². The van der Waals surface area contributed by atoms with Gasteiger partial charge in [-0.1, -0.05) is 30.3 Å². The Kier molecular flexibility index (Phi) is 4.66. The number of hydrogen-bond acceptors (Lipinski definition) is 7. The van der Waals surface area contributed by atoms with E-state index < -0.39 is 6.04 Å². The van der Waals surface area contributed by atoms with E-state index in [0.717, 1.165) is 18.5 Å². The van der Waals surface area contributed by atoms with Gasteiger partial charge in [-0.3, -0.25) is 9.59 Å². The van der Waals surface area contributed by atoms with Gasteiger partial charge in [0.25, 0.3) is 0 Å². The molecule has 3 aromatic rings. The minimum atomic E-state index is -0.568. The Morgan fingerprint density at radius 2 is 1.71 bits per heavy atom. The van der Waals surface area contributed by atoms with E-state index in [0.29, 0.717) is 45.8 Å². The monoisotopic (exact) mass is 414 g/mol. The molecule has 7 heteroatoms.